The van der Waals surface area contributed by atoms with Crippen molar-refractivity contribution >= 4 is 17.2 Å². The van der Waals surface area contributed by atoms with Crippen LogP contribution in [0.15, 0.2) is 17.5 Å². The van der Waals surface area contributed by atoms with Crippen molar-refractivity contribution in [1.82, 2.24) is 4.90 Å². The van der Waals surface area contributed by atoms with E-state index in [-0.39, 0.29) is 11.3 Å². The summed E-state index contributed by atoms with van der Waals surface area (Å²) in [5.74, 6) is 0.191. The number of carbonyl (C=O) groups is 1. The Morgan fingerprint density at radius 1 is 1.53 bits per heavy atom. The van der Waals surface area contributed by atoms with E-state index in [4.69, 9.17) is 5.73 Å². The number of nitrogens with two attached hydrogens (primary N) is 1. The third kappa shape index (κ3) is 4.48. The number of hydrogen-bond acceptors (Lipinski definition) is 3. The van der Waals surface area contributed by atoms with Gasteiger partial charge in [0.25, 0.3) is 0 Å². The molecule has 3 nitrogen and oxygen atoms in total. The van der Waals surface area contributed by atoms with Gasteiger partial charge in [0, 0.05) is 18.0 Å². The summed E-state index contributed by atoms with van der Waals surface area (Å²) in [6, 6.07) is 3.98. The van der Waals surface area contributed by atoms with E-state index in [0.717, 1.165) is 18.0 Å². The van der Waals surface area contributed by atoms with E-state index in [2.05, 4.69) is 13.8 Å². The monoisotopic (exact) mass is 254 g/mol. The van der Waals surface area contributed by atoms with Crippen molar-refractivity contribution in [2.24, 2.45) is 11.1 Å². The number of carbonyl (C=O) groups excluding carboxylic acids is 1. The summed E-state index contributed by atoms with van der Waals surface area (Å²) in [6.45, 7) is 8.26. The molecule has 0 aliphatic heterocycles. The Hall–Kier alpha value is -0.870. The minimum Gasteiger partial charge on any atom is -0.342 e. The van der Waals surface area contributed by atoms with Gasteiger partial charge in [0.2, 0.25) is 5.91 Å². The van der Waals surface area contributed by atoms with Crippen LogP contribution in [0, 0.1) is 5.41 Å². The maximum atomic E-state index is 12.1. The highest BCUT2D eigenvalue weighted by molar-refractivity contribution is 7.10. The fraction of sp³-hybridized carbons (Fsp3) is 0.615. The quantitative estimate of drug-likeness (QED) is 0.845. The van der Waals surface area contributed by atoms with Crippen LogP contribution in [0.2, 0.25) is 0 Å². The number of nitrogens with zero attached hydrogens (tertiary/aromatic N) is 1. The zero-order valence-corrected chi connectivity index (χ0v) is 11.7. The zero-order chi connectivity index (χ0) is 12.9. The number of thiophene rings is 1. The van der Waals surface area contributed by atoms with E-state index in [1.165, 1.54) is 0 Å². The average molecular weight is 254 g/mol. The molecule has 1 heterocycles. The highest BCUT2D eigenvalue weighted by Gasteiger charge is 2.22. The smallest absolute Gasteiger partial charge is 0.227 e. The van der Waals surface area contributed by atoms with Crippen molar-refractivity contribution in [3.63, 3.8) is 0 Å². The molecule has 2 N–H and O–H groups in total. The molecule has 96 valence electrons. The number of likely N-dealkylation sites (N-methyl/N-ethyl adjacent to an activating group) is 1. The van der Waals surface area contributed by atoms with E-state index >= 15 is 0 Å². The Balaban J connectivity index is 2.58. The number of rotatable bonds is 6. The fourth-order valence-electron chi connectivity index (χ4n) is 1.63. The van der Waals surface area contributed by atoms with Gasteiger partial charge in [0.05, 0.1) is 6.42 Å². The van der Waals surface area contributed by atoms with Crippen molar-refractivity contribution in [1.29, 1.82) is 0 Å². The topological polar surface area (TPSA) is 46.3 Å². The van der Waals surface area contributed by atoms with Gasteiger partial charge < -0.3 is 10.6 Å². The summed E-state index contributed by atoms with van der Waals surface area (Å²) in [7, 11) is 0. The molecule has 1 rings (SSSR count). The van der Waals surface area contributed by atoms with E-state index in [0.29, 0.717) is 13.0 Å². The van der Waals surface area contributed by atoms with Crippen LogP contribution >= 0.6 is 11.3 Å². The van der Waals surface area contributed by atoms with Crippen LogP contribution in [0.5, 0.6) is 0 Å². The molecule has 0 bridgehead atoms. The first-order valence-electron chi connectivity index (χ1n) is 5.98. The van der Waals surface area contributed by atoms with Crippen molar-refractivity contribution in [2.75, 3.05) is 19.6 Å². The van der Waals surface area contributed by atoms with Gasteiger partial charge in [0.1, 0.15) is 0 Å². The number of hydrogen-bond donors (Lipinski definition) is 1. The summed E-state index contributed by atoms with van der Waals surface area (Å²) in [5, 5.41) is 2.00. The normalized spacial score (nSPS) is 11.5. The molecule has 4 heteroatoms. The molecule has 0 saturated heterocycles. The average Bonchev–Trinajstić information content (AvgIpc) is 2.78. The molecular formula is C13H22N2OS. The Labute approximate surface area is 108 Å². The molecule has 0 spiro atoms. The van der Waals surface area contributed by atoms with Gasteiger partial charge in [0.15, 0.2) is 0 Å². The highest BCUT2D eigenvalue weighted by atomic mass is 32.1. The Bertz CT molecular complexity index is 346. The molecule has 0 unspecified atom stereocenters. The van der Waals surface area contributed by atoms with Crippen LogP contribution in [0.3, 0.4) is 0 Å². The van der Waals surface area contributed by atoms with Crippen LogP contribution in [-0.4, -0.2) is 30.4 Å². The lowest BCUT2D eigenvalue weighted by molar-refractivity contribution is -0.131. The van der Waals surface area contributed by atoms with E-state index in [1.54, 1.807) is 11.3 Å². The third-order valence-electron chi connectivity index (χ3n) is 2.81. The van der Waals surface area contributed by atoms with Gasteiger partial charge in [-0.2, -0.15) is 0 Å². The maximum absolute atomic E-state index is 12.1. The van der Waals surface area contributed by atoms with Gasteiger partial charge in [-0.1, -0.05) is 19.9 Å². The molecule has 0 fully saturated rings. The van der Waals surface area contributed by atoms with Crippen molar-refractivity contribution in [3.8, 4) is 0 Å². The molecular weight excluding hydrogens is 232 g/mol. The lowest BCUT2D eigenvalue weighted by Crippen LogP contribution is -2.42. The Morgan fingerprint density at radius 2 is 2.24 bits per heavy atom. The molecule has 0 saturated carbocycles. The molecule has 1 aromatic rings. The Morgan fingerprint density at radius 3 is 2.71 bits per heavy atom. The van der Waals surface area contributed by atoms with Crippen LogP contribution in [0.4, 0.5) is 0 Å². The fourth-order valence-corrected chi connectivity index (χ4v) is 2.33. The first-order chi connectivity index (χ1) is 7.98. The molecule has 0 aliphatic rings. The van der Waals surface area contributed by atoms with Crippen LogP contribution in [0.1, 0.15) is 25.6 Å². The lowest BCUT2D eigenvalue weighted by Gasteiger charge is -2.31. The van der Waals surface area contributed by atoms with Crippen molar-refractivity contribution in [2.45, 2.75) is 27.2 Å². The predicted molar refractivity (Wildman–Crippen MR) is 73.1 cm³/mol. The van der Waals surface area contributed by atoms with E-state index in [1.807, 2.05) is 29.3 Å². The minimum absolute atomic E-state index is 0.0128. The summed E-state index contributed by atoms with van der Waals surface area (Å²) >= 11 is 1.63. The van der Waals surface area contributed by atoms with E-state index < -0.39 is 0 Å². The molecule has 1 aromatic heterocycles. The molecule has 0 aromatic carbocycles. The predicted octanol–water partition coefficient (Wildman–Crippen LogP) is 2.12. The first kappa shape index (κ1) is 14.2. The second-order valence-corrected chi connectivity index (χ2v) is 6.06. The summed E-state index contributed by atoms with van der Waals surface area (Å²) in [4.78, 5) is 15.1. The highest BCUT2D eigenvalue weighted by Crippen LogP contribution is 2.17. The van der Waals surface area contributed by atoms with Crippen molar-refractivity contribution in [3.05, 3.63) is 22.4 Å². The lowest BCUT2D eigenvalue weighted by atomic mass is 9.93. The third-order valence-corrected chi connectivity index (χ3v) is 3.69. The summed E-state index contributed by atoms with van der Waals surface area (Å²) < 4.78 is 0. The second-order valence-electron chi connectivity index (χ2n) is 5.03. The molecule has 0 radical (unpaired) electrons. The van der Waals surface area contributed by atoms with Crippen molar-refractivity contribution < 1.29 is 4.79 Å². The van der Waals surface area contributed by atoms with Gasteiger partial charge in [-0.3, -0.25) is 4.79 Å². The second kappa shape index (κ2) is 6.17. The van der Waals surface area contributed by atoms with Gasteiger partial charge in [-0.15, -0.1) is 11.3 Å². The molecule has 0 aliphatic carbocycles. The molecule has 1 amide bonds. The van der Waals surface area contributed by atoms with Crippen LogP contribution in [-0.2, 0) is 11.2 Å². The Kier molecular flexibility index (Phi) is 5.15. The maximum Gasteiger partial charge on any atom is 0.227 e. The van der Waals surface area contributed by atoms with Crippen LogP contribution in [0.25, 0.3) is 0 Å². The minimum atomic E-state index is -0.0128. The SMILES string of the molecule is CCN(CC(C)(C)CN)C(=O)Cc1cccs1. The summed E-state index contributed by atoms with van der Waals surface area (Å²) in [5.41, 5.74) is 5.70. The standard InChI is InChI=1S/C13H22N2OS/c1-4-15(10-13(2,3)9-14)12(16)8-11-6-5-7-17-11/h5-7H,4,8-10,14H2,1-3H3. The first-order valence-corrected chi connectivity index (χ1v) is 6.86. The van der Waals surface area contributed by atoms with Gasteiger partial charge in [-0.05, 0) is 30.3 Å². The van der Waals surface area contributed by atoms with E-state index in [9.17, 15) is 4.79 Å². The summed E-state index contributed by atoms with van der Waals surface area (Å²) in [6.07, 6.45) is 0.506. The zero-order valence-electron chi connectivity index (χ0n) is 10.9. The molecule has 17 heavy (non-hydrogen) atoms. The number of amides is 1. The largest absolute Gasteiger partial charge is 0.342 e. The van der Waals surface area contributed by atoms with Crippen LogP contribution < -0.4 is 5.73 Å². The van der Waals surface area contributed by atoms with Gasteiger partial charge >= 0.3 is 0 Å². The molecule has 0 atom stereocenters. The van der Waals surface area contributed by atoms with Gasteiger partial charge in [-0.25, -0.2) is 0 Å².